The molecule has 1 aliphatic heterocycles. The lowest BCUT2D eigenvalue weighted by atomic mass is 9.95. The maximum atomic E-state index is 13.9. The van der Waals surface area contributed by atoms with Crippen LogP contribution in [0, 0.1) is 0 Å². The largest absolute Gasteiger partial charge is 0.497 e. The van der Waals surface area contributed by atoms with Crippen molar-refractivity contribution in [2.24, 2.45) is 0 Å². The molecular formula is C28H26ClN3O2S. The summed E-state index contributed by atoms with van der Waals surface area (Å²) in [7, 11) is 1.63. The Balaban J connectivity index is 1.47. The standard InChI is InChI=1S/C28H26ClN3O2S/c1-34-21-13-11-20(12-14-21)30-28(33)32-17-23-22-8-2-3-10-25(22)35-27(23)31-15-5-9-24(31)26(32)18-6-4-7-19(29)16-18/h4-7,9,11-16,26H,2-3,8,10,17H2,1H3,(H,30,33). The monoisotopic (exact) mass is 503 g/mol. The number of amides is 2. The molecule has 3 heterocycles. The number of aromatic nitrogens is 1. The molecule has 0 radical (unpaired) electrons. The van der Waals surface area contributed by atoms with E-state index in [2.05, 4.69) is 34.3 Å². The molecule has 0 fully saturated rings. The van der Waals surface area contributed by atoms with E-state index in [1.54, 1.807) is 7.11 Å². The Morgan fingerprint density at radius 2 is 1.89 bits per heavy atom. The van der Waals surface area contributed by atoms with Crippen molar-refractivity contribution in [2.45, 2.75) is 38.3 Å². The number of ether oxygens (including phenoxy) is 1. The van der Waals surface area contributed by atoms with Crippen molar-refractivity contribution in [1.29, 1.82) is 0 Å². The van der Waals surface area contributed by atoms with Gasteiger partial charge >= 0.3 is 6.03 Å². The SMILES string of the molecule is COc1ccc(NC(=O)N2Cc3c(sc4c3CCCC4)-n3cccc3C2c2cccc(Cl)c2)cc1. The van der Waals surface area contributed by atoms with Gasteiger partial charge in [-0.3, -0.25) is 0 Å². The van der Waals surface area contributed by atoms with E-state index in [-0.39, 0.29) is 12.1 Å². The summed E-state index contributed by atoms with van der Waals surface area (Å²) in [4.78, 5) is 17.3. The fourth-order valence-electron chi connectivity index (χ4n) is 5.28. The van der Waals surface area contributed by atoms with Crippen molar-refractivity contribution in [1.82, 2.24) is 9.47 Å². The van der Waals surface area contributed by atoms with Crippen LogP contribution in [0.25, 0.3) is 5.00 Å². The average molecular weight is 504 g/mol. The molecular weight excluding hydrogens is 478 g/mol. The first kappa shape index (κ1) is 22.3. The van der Waals surface area contributed by atoms with Crippen LogP contribution in [0.15, 0.2) is 66.9 Å². The lowest BCUT2D eigenvalue weighted by Crippen LogP contribution is -2.38. The van der Waals surface area contributed by atoms with Crippen molar-refractivity contribution in [2.75, 3.05) is 12.4 Å². The van der Waals surface area contributed by atoms with Crippen LogP contribution < -0.4 is 10.1 Å². The molecule has 2 aromatic heterocycles. The van der Waals surface area contributed by atoms with Crippen LogP contribution in [0.2, 0.25) is 5.02 Å². The highest BCUT2D eigenvalue weighted by Crippen LogP contribution is 2.44. The molecule has 4 aromatic rings. The van der Waals surface area contributed by atoms with Crippen LogP contribution in [-0.2, 0) is 19.4 Å². The number of halogens is 1. The first-order valence-electron chi connectivity index (χ1n) is 11.9. The lowest BCUT2D eigenvalue weighted by Gasteiger charge is -2.31. The van der Waals surface area contributed by atoms with Gasteiger partial charge in [0.05, 0.1) is 25.4 Å². The number of urea groups is 1. The summed E-state index contributed by atoms with van der Waals surface area (Å²) in [6.07, 6.45) is 6.76. The Morgan fingerprint density at radius 1 is 1.06 bits per heavy atom. The third-order valence-electron chi connectivity index (χ3n) is 6.95. The molecule has 6 rings (SSSR count). The summed E-state index contributed by atoms with van der Waals surface area (Å²) in [5.41, 5.74) is 5.50. The Kier molecular flexibility index (Phi) is 5.78. The molecule has 7 heteroatoms. The number of rotatable bonds is 3. The Labute approximate surface area is 213 Å². The van der Waals surface area contributed by atoms with Crippen molar-refractivity contribution in [3.05, 3.63) is 99.1 Å². The lowest BCUT2D eigenvalue weighted by molar-refractivity contribution is 0.194. The van der Waals surface area contributed by atoms with Crippen LogP contribution in [-0.4, -0.2) is 22.6 Å². The van der Waals surface area contributed by atoms with E-state index in [1.165, 1.54) is 33.8 Å². The van der Waals surface area contributed by atoms with Gasteiger partial charge in [-0.15, -0.1) is 11.3 Å². The first-order chi connectivity index (χ1) is 17.1. The van der Waals surface area contributed by atoms with Gasteiger partial charge < -0.3 is 19.5 Å². The van der Waals surface area contributed by atoms with E-state index in [0.29, 0.717) is 11.6 Å². The number of carbonyl (C=O) groups is 1. The minimum atomic E-state index is -0.277. The van der Waals surface area contributed by atoms with Crippen LogP contribution in [0.4, 0.5) is 10.5 Å². The topological polar surface area (TPSA) is 46.5 Å². The van der Waals surface area contributed by atoms with Gasteiger partial charge in [0.1, 0.15) is 10.8 Å². The average Bonchev–Trinajstić information content (AvgIpc) is 3.46. The van der Waals surface area contributed by atoms with Gasteiger partial charge in [0.15, 0.2) is 0 Å². The molecule has 1 aliphatic carbocycles. The number of fused-ring (bicyclic) bond motifs is 5. The number of hydrogen-bond acceptors (Lipinski definition) is 3. The third kappa shape index (κ3) is 4.01. The van der Waals surface area contributed by atoms with E-state index in [1.807, 2.05) is 58.7 Å². The molecule has 0 bridgehead atoms. The molecule has 5 nitrogen and oxygen atoms in total. The number of nitrogens with one attached hydrogen (secondary N) is 1. The summed E-state index contributed by atoms with van der Waals surface area (Å²) in [5.74, 6) is 0.752. The number of nitrogens with zero attached hydrogens (tertiary/aromatic N) is 2. The fraction of sp³-hybridized carbons (Fsp3) is 0.250. The number of anilines is 1. The Bertz CT molecular complexity index is 1390. The second-order valence-corrected chi connectivity index (χ2v) is 10.6. The zero-order valence-electron chi connectivity index (χ0n) is 19.5. The molecule has 0 spiro atoms. The van der Waals surface area contributed by atoms with Crippen LogP contribution >= 0.6 is 22.9 Å². The highest BCUT2D eigenvalue weighted by atomic mass is 35.5. The highest BCUT2D eigenvalue weighted by molar-refractivity contribution is 7.15. The fourth-order valence-corrected chi connectivity index (χ4v) is 6.89. The van der Waals surface area contributed by atoms with E-state index < -0.39 is 0 Å². The smallest absolute Gasteiger partial charge is 0.322 e. The summed E-state index contributed by atoms with van der Waals surface area (Å²) in [5, 5.41) is 5.02. The van der Waals surface area contributed by atoms with Gasteiger partial charge in [-0.05, 0) is 85.3 Å². The summed E-state index contributed by atoms with van der Waals surface area (Å²) >= 11 is 8.30. The minimum Gasteiger partial charge on any atom is -0.497 e. The zero-order valence-corrected chi connectivity index (χ0v) is 21.0. The van der Waals surface area contributed by atoms with Gasteiger partial charge in [-0.1, -0.05) is 23.7 Å². The summed E-state index contributed by atoms with van der Waals surface area (Å²) in [6.45, 7) is 0.544. The second kappa shape index (κ2) is 9.10. The molecule has 2 aliphatic rings. The molecule has 2 amide bonds. The number of thiophene rings is 1. The predicted octanol–water partition coefficient (Wildman–Crippen LogP) is 7.22. The minimum absolute atomic E-state index is 0.142. The highest BCUT2D eigenvalue weighted by Gasteiger charge is 2.36. The molecule has 35 heavy (non-hydrogen) atoms. The van der Waals surface area contributed by atoms with Crippen molar-refractivity contribution >= 4 is 34.7 Å². The molecule has 2 aromatic carbocycles. The number of aryl methyl sites for hydroxylation is 1. The van der Waals surface area contributed by atoms with Gasteiger partial charge in [0.2, 0.25) is 0 Å². The van der Waals surface area contributed by atoms with E-state index in [0.717, 1.165) is 35.5 Å². The zero-order chi connectivity index (χ0) is 23.9. The molecule has 1 unspecified atom stereocenters. The van der Waals surface area contributed by atoms with Gasteiger partial charge in [-0.25, -0.2) is 4.79 Å². The first-order valence-corrected chi connectivity index (χ1v) is 13.1. The molecule has 178 valence electrons. The van der Waals surface area contributed by atoms with Gasteiger partial charge in [-0.2, -0.15) is 0 Å². The maximum absolute atomic E-state index is 13.9. The normalized spacial score (nSPS) is 16.6. The predicted molar refractivity (Wildman–Crippen MR) is 141 cm³/mol. The van der Waals surface area contributed by atoms with Crippen molar-refractivity contribution < 1.29 is 9.53 Å². The number of carbonyl (C=O) groups excluding carboxylic acids is 1. The number of hydrogen-bond donors (Lipinski definition) is 1. The van der Waals surface area contributed by atoms with Crippen LogP contribution in [0.1, 0.15) is 46.1 Å². The van der Waals surface area contributed by atoms with Crippen molar-refractivity contribution in [3.63, 3.8) is 0 Å². The van der Waals surface area contributed by atoms with Gasteiger partial charge in [0, 0.05) is 27.3 Å². The summed E-state index contributed by atoms with van der Waals surface area (Å²) < 4.78 is 7.55. The number of benzene rings is 2. The molecule has 1 N–H and O–H groups in total. The van der Waals surface area contributed by atoms with Gasteiger partial charge in [0.25, 0.3) is 0 Å². The molecule has 0 saturated carbocycles. The quantitative estimate of drug-likeness (QED) is 0.321. The Morgan fingerprint density at radius 3 is 2.69 bits per heavy atom. The molecule has 1 atom stereocenters. The van der Waals surface area contributed by atoms with Crippen LogP contribution in [0.5, 0.6) is 5.75 Å². The van der Waals surface area contributed by atoms with E-state index in [4.69, 9.17) is 16.3 Å². The maximum Gasteiger partial charge on any atom is 0.322 e. The molecule has 0 saturated heterocycles. The second-order valence-electron chi connectivity index (χ2n) is 9.04. The third-order valence-corrected chi connectivity index (χ3v) is 8.51. The van der Waals surface area contributed by atoms with Crippen LogP contribution in [0.3, 0.4) is 0 Å². The van der Waals surface area contributed by atoms with E-state index in [9.17, 15) is 4.79 Å². The number of methoxy groups -OCH3 is 1. The van der Waals surface area contributed by atoms with Crippen molar-refractivity contribution in [3.8, 4) is 10.8 Å². The Hall–Kier alpha value is -3.22. The summed E-state index contributed by atoms with van der Waals surface area (Å²) in [6, 6.07) is 19.0. The van der Waals surface area contributed by atoms with E-state index >= 15 is 0 Å².